The Hall–Kier alpha value is -6.78. The summed E-state index contributed by atoms with van der Waals surface area (Å²) in [7, 11) is 0. The number of phenols is 6. The second-order valence-electron chi connectivity index (χ2n) is 16.4. The Balaban J connectivity index is 1.08. The van der Waals surface area contributed by atoms with Crippen LogP contribution in [0.1, 0.15) is 50.1 Å². The van der Waals surface area contributed by atoms with Crippen LogP contribution in [0.4, 0.5) is 0 Å². The van der Waals surface area contributed by atoms with Gasteiger partial charge in [0.15, 0.2) is 34.5 Å². The molecule has 324 valence electrons. The zero-order chi connectivity index (χ0) is 44.9. The Morgan fingerprint density at radius 3 is 0.921 bits per heavy atom. The summed E-state index contributed by atoms with van der Waals surface area (Å²) in [6.07, 6.45) is 0.931. The smallest absolute Gasteiger partial charge is 0.161 e. The summed E-state index contributed by atoms with van der Waals surface area (Å²) >= 11 is 0. The van der Waals surface area contributed by atoms with Crippen molar-refractivity contribution in [1.29, 1.82) is 0 Å². The van der Waals surface area contributed by atoms with Gasteiger partial charge in [-0.05, 0) is 141 Å². The first-order valence-corrected chi connectivity index (χ1v) is 20.8. The Bertz CT molecular complexity index is 2570. The van der Waals surface area contributed by atoms with E-state index < -0.39 is 0 Å². The fraction of sp³-hybridized carbons (Fsp3) is 0.222. The van der Waals surface area contributed by atoms with Crippen molar-refractivity contribution in [3.63, 3.8) is 0 Å². The van der Waals surface area contributed by atoms with Crippen molar-refractivity contribution < 1.29 is 44.8 Å². The molecule has 7 aromatic carbocycles. The first-order chi connectivity index (χ1) is 30.2. The molecule has 0 atom stereocenters. The average molecular weight is 847 g/mol. The molecule has 0 heterocycles. The number of fused-ring (bicyclic) bond motifs is 3. The summed E-state index contributed by atoms with van der Waals surface area (Å²) in [5, 5.41) is 68.6. The lowest BCUT2D eigenvalue weighted by Gasteiger charge is -2.23. The molecule has 9 nitrogen and oxygen atoms in total. The van der Waals surface area contributed by atoms with Gasteiger partial charge in [0.2, 0.25) is 0 Å². The number of hydrogen-bond acceptors (Lipinski definition) is 9. The van der Waals surface area contributed by atoms with E-state index in [1.807, 2.05) is 93.6 Å². The van der Waals surface area contributed by atoms with E-state index in [9.17, 15) is 30.6 Å². The number of hydrogen-bond donors (Lipinski definition) is 6. The minimum atomic E-state index is -0.183. The third-order valence-electron chi connectivity index (χ3n) is 12.0. The fourth-order valence-corrected chi connectivity index (χ4v) is 8.56. The normalized spacial score (nSPS) is 11.5. The molecule has 0 fully saturated rings. The largest absolute Gasteiger partial charge is 0.504 e. The first kappa shape index (κ1) is 44.3. The van der Waals surface area contributed by atoms with Gasteiger partial charge in [0.1, 0.15) is 0 Å². The molecular formula is C54H54O9. The second kappa shape index (κ2) is 19.1. The van der Waals surface area contributed by atoms with Gasteiger partial charge < -0.3 is 44.8 Å². The molecule has 0 saturated carbocycles. The van der Waals surface area contributed by atoms with Crippen LogP contribution in [0.25, 0.3) is 32.3 Å². The van der Waals surface area contributed by atoms with E-state index in [0.717, 1.165) is 82.4 Å². The molecule has 0 aliphatic rings. The van der Waals surface area contributed by atoms with Crippen LogP contribution in [-0.4, -0.2) is 50.5 Å². The van der Waals surface area contributed by atoms with E-state index in [1.54, 1.807) is 18.2 Å². The summed E-state index contributed by atoms with van der Waals surface area (Å²) in [4.78, 5) is 0. The molecule has 0 aliphatic carbocycles. The molecule has 0 spiro atoms. The Kier molecular flexibility index (Phi) is 13.4. The molecule has 6 N–H and O–H groups in total. The Morgan fingerprint density at radius 2 is 0.651 bits per heavy atom. The molecule has 63 heavy (non-hydrogen) atoms. The van der Waals surface area contributed by atoms with Crippen molar-refractivity contribution >= 4 is 32.3 Å². The Morgan fingerprint density at radius 1 is 0.397 bits per heavy atom. The van der Waals surface area contributed by atoms with Gasteiger partial charge in [0.05, 0.1) is 39.6 Å². The number of phenolic OH excluding ortho intramolecular Hbond substituents is 6. The highest BCUT2D eigenvalue weighted by molar-refractivity contribution is 5.92. The Labute approximate surface area is 367 Å². The van der Waals surface area contributed by atoms with E-state index in [2.05, 4.69) is 19.7 Å². The van der Waals surface area contributed by atoms with Gasteiger partial charge in [-0.1, -0.05) is 92.5 Å². The highest BCUT2D eigenvalue weighted by Crippen LogP contribution is 2.40. The lowest BCUT2D eigenvalue weighted by molar-refractivity contribution is 0.131. The van der Waals surface area contributed by atoms with E-state index in [1.165, 1.54) is 0 Å². The van der Waals surface area contributed by atoms with Crippen LogP contribution in [0.2, 0.25) is 0 Å². The molecule has 0 aromatic heterocycles. The molecule has 0 bridgehead atoms. The van der Waals surface area contributed by atoms with Crippen LogP contribution >= 0.6 is 0 Å². The fourth-order valence-electron chi connectivity index (χ4n) is 8.56. The lowest BCUT2D eigenvalue weighted by atomic mass is 9.89. The standard InChI is InChI=1S/C54H54O9/c1-31(19-43-40-16-10-7-13-37(40)22-49(55)52(43)58)25-61-28-46-34(4)47(29-62-26-32(2)20-44-41-17-11-8-14-38(41)23-50(56)53(44)59)36(6)48(35(46)5)30-63-27-33(3)21-45-42-18-12-9-15-39(42)24-51(57)54(45)60/h7-18,22-24,55-60H,1-3,19-21,25-30H2,4-6H3. The maximum Gasteiger partial charge on any atom is 0.161 e. The minimum Gasteiger partial charge on any atom is -0.504 e. The summed E-state index contributed by atoms with van der Waals surface area (Å²) in [5.41, 5.74) is 9.88. The van der Waals surface area contributed by atoms with Crippen molar-refractivity contribution in [2.24, 2.45) is 0 Å². The molecule has 0 radical (unpaired) electrons. The van der Waals surface area contributed by atoms with Gasteiger partial charge in [0.25, 0.3) is 0 Å². The third-order valence-corrected chi connectivity index (χ3v) is 12.0. The van der Waals surface area contributed by atoms with Gasteiger partial charge >= 0.3 is 0 Å². The lowest BCUT2D eigenvalue weighted by Crippen LogP contribution is -2.13. The molecule has 0 saturated heterocycles. The highest BCUT2D eigenvalue weighted by Gasteiger charge is 2.21. The van der Waals surface area contributed by atoms with Crippen LogP contribution in [0.5, 0.6) is 34.5 Å². The second-order valence-corrected chi connectivity index (χ2v) is 16.4. The van der Waals surface area contributed by atoms with Gasteiger partial charge in [-0.2, -0.15) is 0 Å². The highest BCUT2D eigenvalue weighted by atomic mass is 16.5. The summed E-state index contributed by atoms with van der Waals surface area (Å²) in [6.45, 7) is 20.3. The summed E-state index contributed by atoms with van der Waals surface area (Å²) in [5.74, 6) is -1.05. The van der Waals surface area contributed by atoms with Crippen molar-refractivity contribution in [1.82, 2.24) is 0 Å². The number of benzene rings is 7. The van der Waals surface area contributed by atoms with Crippen LogP contribution in [0, 0.1) is 20.8 Å². The zero-order valence-electron chi connectivity index (χ0n) is 36.1. The minimum absolute atomic E-state index is 0.168. The van der Waals surface area contributed by atoms with Gasteiger partial charge in [-0.25, -0.2) is 0 Å². The average Bonchev–Trinajstić information content (AvgIpc) is 3.26. The van der Waals surface area contributed by atoms with E-state index in [4.69, 9.17) is 14.2 Å². The number of ether oxygens (including phenoxy) is 3. The van der Waals surface area contributed by atoms with E-state index in [0.29, 0.717) is 36.0 Å². The summed E-state index contributed by atoms with van der Waals surface area (Å²) < 4.78 is 19.0. The predicted octanol–water partition coefficient (Wildman–Crippen LogP) is 11.3. The predicted molar refractivity (Wildman–Crippen MR) is 250 cm³/mol. The van der Waals surface area contributed by atoms with Crippen LogP contribution in [-0.2, 0) is 53.3 Å². The molecular weight excluding hydrogens is 793 g/mol. The van der Waals surface area contributed by atoms with Crippen molar-refractivity contribution in [3.8, 4) is 34.5 Å². The third kappa shape index (κ3) is 9.51. The first-order valence-electron chi connectivity index (χ1n) is 20.8. The van der Waals surface area contributed by atoms with Crippen LogP contribution < -0.4 is 0 Å². The van der Waals surface area contributed by atoms with Crippen molar-refractivity contribution in [2.75, 3.05) is 19.8 Å². The van der Waals surface area contributed by atoms with E-state index in [-0.39, 0.29) is 74.1 Å². The zero-order valence-corrected chi connectivity index (χ0v) is 36.1. The van der Waals surface area contributed by atoms with Gasteiger partial charge in [0, 0.05) is 16.7 Å². The van der Waals surface area contributed by atoms with Crippen molar-refractivity contribution in [2.45, 2.75) is 59.9 Å². The maximum atomic E-state index is 10.8. The van der Waals surface area contributed by atoms with Gasteiger partial charge in [-0.15, -0.1) is 0 Å². The molecule has 0 aliphatic heterocycles. The van der Waals surface area contributed by atoms with E-state index >= 15 is 0 Å². The van der Waals surface area contributed by atoms with Gasteiger partial charge in [-0.3, -0.25) is 0 Å². The monoisotopic (exact) mass is 846 g/mol. The summed E-state index contributed by atoms with van der Waals surface area (Å²) in [6, 6.07) is 27.4. The quantitative estimate of drug-likeness (QED) is 0.0367. The molecule has 0 unspecified atom stereocenters. The topological polar surface area (TPSA) is 149 Å². The molecule has 7 aromatic rings. The van der Waals surface area contributed by atoms with Crippen LogP contribution in [0.15, 0.2) is 127 Å². The van der Waals surface area contributed by atoms with Crippen molar-refractivity contribution in [3.05, 3.63) is 178 Å². The number of aromatic hydroxyl groups is 6. The SMILES string of the molecule is C=C(COCc1c(C)c(COCC(=C)Cc2c(O)c(O)cc3ccccc23)c(C)c(COCC(=C)Cc2c(O)c(O)cc3ccccc23)c1C)Cc1c(O)c(O)cc2ccccc12. The van der Waals surface area contributed by atoms with Crippen LogP contribution in [0.3, 0.4) is 0 Å². The number of rotatable bonds is 18. The molecule has 9 heteroatoms. The molecule has 7 rings (SSSR count). The maximum absolute atomic E-state index is 10.8. The molecule has 0 amide bonds.